The zero-order valence-electron chi connectivity index (χ0n) is 6.05. The molecule has 3 heteroatoms. The van der Waals surface area contributed by atoms with Gasteiger partial charge in [0.1, 0.15) is 5.82 Å². The molecule has 0 saturated carbocycles. The minimum absolute atomic E-state index is 0.162. The molecule has 0 aliphatic carbocycles. The number of rotatable bonds is 2. The maximum Gasteiger partial charge on any atom is 0.123 e. The third kappa shape index (κ3) is 1.76. The van der Waals surface area contributed by atoms with Crippen LogP contribution in [0.2, 0.25) is 0 Å². The van der Waals surface area contributed by atoms with Crippen LogP contribution in [0, 0.1) is 5.82 Å². The molecule has 1 aromatic rings. The first-order valence-corrected chi connectivity index (χ1v) is 3.36. The van der Waals surface area contributed by atoms with Gasteiger partial charge in [0.05, 0.1) is 6.61 Å². The smallest absolute Gasteiger partial charge is 0.123 e. The SMILES string of the molecule is NCc1ccc(F)cc1CO. The molecule has 1 aromatic carbocycles. The fourth-order valence-electron chi connectivity index (χ4n) is 0.941. The summed E-state index contributed by atoms with van der Waals surface area (Å²) < 4.78 is 12.5. The Morgan fingerprint density at radius 1 is 1.36 bits per heavy atom. The summed E-state index contributed by atoms with van der Waals surface area (Å²) in [6.45, 7) is 0.167. The van der Waals surface area contributed by atoms with Crippen molar-refractivity contribution in [2.45, 2.75) is 13.2 Å². The second-order valence-corrected chi connectivity index (χ2v) is 2.28. The van der Waals surface area contributed by atoms with Crippen molar-refractivity contribution >= 4 is 0 Å². The lowest BCUT2D eigenvalue weighted by Gasteiger charge is -2.03. The van der Waals surface area contributed by atoms with Gasteiger partial charge in [0.2, 0.25) is 0 Å². The molecule has 1 rings (SSSR count). The molecule has 0 aliphatic heterocycles. The van der Waals surface area contributed by atoms with Crippen LogP contribution < -0.4 is 5.73 Å². The molecule has 0 heterocycles. The first kappa shape index (κ1) is 8.17. The predicted octanol–water partition coefficient (Wildman–Crippen LogP) is 0.777. The van der Waals surface area contributed by atoms with Crippen molar-refractivity contribution in [1.82, 2.24) is 0 Å². The number of aliphatic hydroxyl groups excluding tert-OH is 1. The number of hydrogen-bond acceptors (Lipinski definition) is 2. The Hall–Kier alpha value is -0.930. The van der Waals surface area contributed by atoms with Gasteiger partial charge in [-0.1, -0.05) is 6.07 Å². The third-order valence-corrected chi connectivity index (χ3v) is 1.56. The molecule has 0 radical (unpaired) electrons. The molecule has 2 nitrogen and oxygen atoms in total. The van der Waals surface area contributed by atoms with Crippen LogP contribution in [-0.4, -0.2) is 5.11 Å². The lowest BCUT2D eigenvalue weighted by Crippen LogP contribution is -2.01. The lowest BCUT2D eigenvalue weighted by atomic mass is 10.1. The van der Waals surface area contributed by atoms with E-state index >= 15 is 0 Å². The van der Waals surface area contributed by atoms with Crippen LogP contribution >= 0.6 is 0 Å². The number of benzene rings is 1. The van der Waals surface area contributed by atoms with Crippen LogP contribution in [0.25, 0.3) is 0 Å². The van der Waals surface area contributed by atoms with Crippen molar-refractivity contribution in [1.29, 1.82) is 0 Å². The summed E-state index contributed by atoms with van der Waals surface area (Å²) in [6, 6.07) is 4.21. The van der Waals surface area contributed by atoms with Gasteiger partial charge in [-0.2, -0.15) is 0 Å². The van der Waals surface area contributed by atoms with Gasteiger partial charge in [0, 0.05) is 6.54 Å². The quantitative estimate of drug-likeness (QED) is 0.662. The van der Waals surface area contributed by atoms with Crippen molar-refractivity contribution in [3.8, 4) is 0 Å². The molecule has 60 valence electrons. The summed E-state index contributed by atoms with van der Waals surface area (Å²) in [4.78, 5) is 0. The Balaban J connectivity index is 3.06. The average Bonchev–Trinajstić information content (AvgIpc) is 2.04. The lowest BCUT2D eigenvalue weighted by molar-refractivity contribution is 0.280. The van der Waals surface area contributed by atoms with Gasteiger partial charge in [0.25, 0.3) is 0 Å². The van der Waals surface area contributed by atoms with Gasteiger partial charge in [-0.3, -0.25) is 0 Å². The van der Waals surface area contributed by atoms with Crippen LogP contribution in [0.5, 0.6) is 0 Å². The van der Waals surface area contributed by atoms with E-state index in [1.165, 1.54) is 12.1 Å². The number of nitrogens with two attached hydrogens (primary N) is 1. The summed E-state index contributed by atoms with van der Waals surface area (Å²) in [5.41, 5.74) is 6.69. The van der Waals surface area contributed by atoms with Gasteiger partial charge in [-0.15, -0.1) is 0 Å². The molecular formula is C8H10FNO. The van der Waals surface area contributed by atoms with Crippen molar-refractivity contribution in [2.75, 3.05) is 0 Å². The molecule has 0 amide bonds. The molecule has 11 heavy (non-hydrogen) atoms. The van der Waals surface area contributed by atoms with E-state index < -0.39 is 0 Å². The maximum atomic E-state index is 12.5. The van der Waals surface area contributed by atoms with Crippen LogP contribution in [-0.2, 0) is 13.2 Å². The standard InChI is InChI=1S/C8H10FNO/c9-8-2-1-6(4-10)7(3-8)5-11/h1-3,11H,4-5,10H2. The van der Waals surface area contributed by atoms with Crippen LogP contribution in [0.1, 0.15) is 11.1 Å². The molecule has 0 fully saturated rings. The van der Waals surface area contributed by atoms with E-state index in [2.05, 4.69) is 0 Å². The first-order valence-electron chi connectivity index (χ1n) is 3.36. The Bertz CT molecular complexity index is 250. The van der Waals surface area contributed by atoms with Gasteiger partial charge in [-0.05, 0) is 23.3 Å². The molecule has 3 N–H and O–H groups in total. The fraction of sp³-hybridized carbons (Fsp3) is 0.250. The summed E-state index contributed by atoms with van der Waals surface area (Å²) in [7, 11) is 0. The van der Waals surface area contributed by atoms with E-state index in [4.69, 9.17) is 10.8 Å². The van der Waals surface area contributed by atoms with E-state index in [9.17, 15) is 4.39 Å². The molecule has 0 aromatic heterocycles. The van der Waals surface area contributed by atoms with Crippen molar-refractivity contribution < 1.29 is 9.50 Å². The molecule has 0 bridgehead atoms. The minimum atomic E-state index is -0.341. The highest BCUT2D eigenvalue weighted by molar-refractivity contribution is 5.26. The van der Waals surface area contributed by atoms with Crippen molar-refractivity contribution in [2.24, 2.45) is 5.73 Å². The van der Waals surface area contributed by atoms with E-state index in [1.54, 1.807) is 6.07 Å². The van der Waals surface area contributed by atoms with Gasteiger partial charge >= 0.3 is 0 Å². The highest BCUT2D eigenvalue weighted by Gasteiger charge is 2.00. The molecule has 0 saturated heterocycles. The van der Waals surface area contributed by atoms with Crippen molar-refractivity contribution in [3.63, 3.8) is 0 Å². The summed E-state index contributed by atoms with van der Waals surface area (Å²) >= 11 is 0. The van der Waals surface area contributed by atoms with E-state index in [1.807, 2.05) is 0 Å². The molecular weight excluding hydrogens is 145 g/mol. The normalized spacial score (nSPS) is 10.1. The Kier molecular flexibility index (Phi) is 2.57. The largest absolute Gasteiger partial charge is 0.392 e. The summed E-state index contributed by atoms with van der Waals surface area (Å²) in [5.74, 6) is -0.341. The van der Waals surface area contributed by atoms with E-state index in [0.717, 1.165) is 5.56 Å². The number of hydrogen-bond donors (Lipinski definition) is 2. The third-order valence-electron chi connectivity index (χ3n) is 1.56. The highest BCUT2D eigenvalue weighted by atomic mass is 19.1. The summed E-state index contributed by atoms with van der Waals surface area (Å²) in [6.07, 6.45) is 0. The fourth-order valence-corrected chi connectivity index (χ4v) is 0.941. The predicted molar refractivity (Wildman–Crippen MR) is 40.2 cm³/mol. The Morgan fingerprint density at radius 2 is 2.09 bits per heavy atom. The first-order chi connectivity index (χ1) is 5.27. The Labute approximate surface area is 64.5 Å². The van der Waals surface area contributed by atoms with Gasteiger partial charge in [0.15, 0.2) is 0 Å². The molecule has 0 spiro atoms. The summed E-state index contributed by atoms with van der Waals surface area (Å²) in [5, 5.41) is 8.75. The maximum absolute atomic E-state index is 12.5. The minimum Gasteiger partial charge on any atom is -0.392 e. The zero-order chi connectivity index (χ0) is 8.27. The average molecular weight is 155 g/mol. The van der Waals surface area contributed by atoms with Crippen LogP contribution in [0.15, 0.2) is 18.2 Å². The molecule has 0 atom stereocenters. The topological polar surface area (TPSA) is 46.2 Å². The Morgan fingerprint density at radius 3 is 2.64 bits per heavy atom. The molecule has 0 aliphatic rings. The number of aliphatic hydroxyl groups is 1. The second kappa shape index (κ2) is 3.46. The van der Waals surface area contributed by atoms with E-state index in [-0.39, 0.29) is 12.4 Å². The monoisotopic (exact) mass is 155 g/mol. The van der Waals surface area contributed by atoms with Crippen molar-refractivity contribution in [3.05, 3.63) is 35.1 Å². The second-order valence-electron chi connectivity index (χ2n) is 2.28. The van der Waals surface area contributed by atoms with Crippen LogP contribution in [0.3, 0.4) is 0 Å². The highest BCUT2D eigenvalue weighted by Crippen LogP contribution is 2.10. The molecule has 0 unspecified atom stereocenters. The van der Waals surface area contributed by atoms with Crippen LogP contribution in [0.4, 0.5) is 4.39 Å². The van der Waals surface area contributed by atoms with Gasteiger partial charge < -0.3 is 10.8 Å². The number of halogens is 1. The zero-order valence-corrected chi connectivity index (χ0v) is 6.05. The van der Waals surface area contributed by atoms with E-state index in [0.29, 0.717) is 12.1 Å². The van der Waals surface area contributed by atoms with Gasteiger partial charge in [-0.25, -0.2) is 4.39 Å².